The van der Waals surface area contributed by atoms with Gasteiger partial charge >= 0.3 is 0 Å². The number of halogens is 1. The second-order valence-electron chi connectivity index (χ2n) is 5.28. The summed E-state index contributed by atoms with van der Waals surface area (Å²) in [6.45, 7) is 2.85. The van der Waals surface area contributed by atoms with Crippen molar-refractivity contribution in [1.29, 1.82) is 0 Å². The van der Waals surface area contributed by atoms with Gasteiger partial charge in [-0.3, -0.25) is 0 Å². The summed E-state index contributed by atoms with van der Waals surface area (Å²) in [4.78, 5) is 2.82. The molecule has 1 fully saturated rings. The summed E-state index contributed by atoms with van der Waals surface area (Å²) in [6.07, 6.45) is 4.43. The molecule has 0 spiro atoms. The molecule has 112 valence electrons. The maximum absolute atomic E-state index is 12.0. The molecule has 2 rings (SSSR count). The molecular weight excluding hydrogens is 338 g/mol. The van der Waals surface area contributed by atoms with Crippen molar-refractivity contribution in [2.75, 3.05) is 22.5 Å². The summed E-state index contributed by atoms with van der Waals surface area (Å²) < 4.78 is 24.0. The average Bonchev–Trinajstić information content (AvgIpc) is 2.36. The van der Waals surface area contributed by atoms with Gasteiger partial charge in [0.25, 0.3) is 0 Å². The second-order valence-corrected chi connectivity index (χ2v) is 8.18. The van der Waals surface area contributed by atoms with Gasteiger partial charge in [-0.25, -0.2) is 8.42 Å². The van der Waals surface area contributed by atoms with Crippen LogP contribution >= 0.6 is 15.9 Å². The number of hydrogen-bond acceptors (Lipinski definition) is 3. The summed E-state index contributed by atoms with van der Waals surface area (Å²) in [5, 5.41) is 0.930. The zero-order valence-electron chi connectivity index (χ0n) is 11.9. The SMILES string of the molecule is CCCS(=O)(=O)c1ccc(N(CCBr)C2CCC2)cc1. The van der Waals surface area contributed by atoms with E-state index >= 15 is 0 Å². The molecule has 0 heterocycles. The number of benzene rings is 1. The zero-order chi connectivity index (χ0) is 14.6. The predicted molar refractivity (Wildman–Crippen MR) is 87.6 cm³/mol. The van der Waals surface area contributed by atoms with Crippen molar-refractivity contribution in [3.8, 4) is 0 Å². The Morgan fingerprint density at radius 1 is 1.25 bits per heavy atom. The molecule has 0 unspecified atom stereocenters. The van der Waals surface area contributed by atoms with Crippen LogP contribution in [-0.4, -0.2) is 32.1 Å². The molecule has 5 heteroatoms. The Kier molecular flexibility index (Phi) is 5.49. The fourth-order valence-corrected chi connectivity index (χ4v) is 4.25. The molecule has 1 aliphatic rings. The van der Waals surface area contributed by atoms with Crippen LogP contribution in [0.1, 0.15) is 32.6 Å². The van der Waals surface area contributed by atoms with Crippen LogP contribution < -0.4 is 4.90 Å². The first-order valence-corrected chi connectivity index (χ1v) is 10.0. The van der Waals surface area contributed by atoms with Gasteiger partial charge in [-0.15, -0.1) is 0 Å². The molecule has 0 N–H and O–H groups in total. The first kappa shape index (κ1) is 15.8. The van der Waals surface area contributed by atoms with Crippen LogP contribution in [0.4, 0.5) is 5.69 Å². The number of rotatable bonds is 7. The fourth-order valence-electron chi connectivity index (χ4n) is 2.54. The van der Waals surface area contributed by atoms with Gasteiger partial charge in [-0.1, -0.05) is 22.9 Å². The van der Waals surface area contributed by atoms with E-state index < -0.39 is 9.84 Å². The lowest BCUT2D eigenvalue weighted by molar-refractivity contribution is 0.391. The quantitative estimate of drug-likeness (QED) is 0.697. The highest BCUT2D eigenvalue weighted by molar-refractivity contribution is 9.09. The van der Waals surface area contributed by atoms with Crippen LogP contribution in [0.3, 0.4) is 0 Å². The van der Waals surface area contributed by atoms with Crippen molar-refractivity contribution in [3.05, 3.63) is 24.3 Å². The standard InChI is InChI=1S/C15H22BrNO2S/c1-2-12-20(18,19)15-8-6-14(7-9-15)17(11-10-16)13-4-3-5-13/h6-9,13H,2-5,10-12H2,1H3. The topological polar surface area (TPSA) is 37.4 Å². The molecule has 3 nitrogen and oxygen atoms in total. The van der Waals surface area contributed by atoms with E-state index in [0.29, 0.717) is 17.4 Å². The van der Waals surface area contributed by atoms with Crippen LogP contribution in [0.2, 0.25) is 0 Å². The predicted octanol–water partition coefficient (Wildman–Crippen LogP) is 3.62. The Morgan fingerprint density at radius 2 is 1.90 bits per heavy atom. The summed E-state index contributed by atoms with van der Waals surface area (Å²) in [7, 11) is -3.10. The van der Waals surface area contributed by atoms with Crippen LogP contribution in [-0.2, 0) is 9.84 Å². The molecule has 1 saturated carbocycles. The van der Waals surface area contributed by atoms with E-state index in [0.717, 1.165) is 17.6 Å². The zero-order valence-corrected chi connectivity index (χ0v) is 14.3. The van der Waals surface area contributed by atoms with E-state index in [-0.39, 0.29) is 5.75 Å². The highest BCUT2D eigenvalue weighted by Gasteiger charge is 2.25. The van der Waals surface area contributed by atoms with Crippen LogP contribution in [0, 0.1) is 0 Å². The first-order chi connectivity index (χ1) is 9.58. The van der Waals surface area contributed by atoms with E-state index in [9.17, 15) is 8.42 Å². The Bertz CT molecular complexity index is 523. The van der Waals surface area contributed by atoms with Gasteiger partial charge in [0.05, 0.1) is 10.6 Å². The van der Waals surface area contributed by atoms with E-state index in [2.05, 4.69) is 20.8 Å². The first-order valence-electron chi connectivity index (χ1n) is 7.24. The number of anilines is 1. The van der Waals surface area contributed by atoms with Crippen molar-refractivity contribution >= 4 is 31.5 Å². The van der Waals surface area contributed by atoms with Crippen molar-refractivity contribution in [1.82, 2.24) is 0 Å². The van der Waals surface area contributed by atoms with Gasteiger partial charge in [0.1, 0.15) is 0 Å². The Hall–Kier alpha value is -0.550. The summed E-state index contributed by atoms with van der Waals surface area (Å²) in [5.74, 6) is 0.222. The van der Waals surface area contributed by atoms with E-state index in [1.807, 2.05) is 19.1 Å². The molecule has 1 aromatic carbocycles. The van der Waals surface area contributed by atoms with Crippen molar-refractivity contribution < 1.29 is 8.42 Å². The number of alkyl halides is 1. The highest BCUT2D eigenvalue weighted by Crippen LogP contribution is 2.30. The van der Waals surface area contributed by atoms with Gasteiger partial charge in [-0.05, 0) is 49.9 Å². The van der Waals surface area contributed by atoms with Crippen molar-refractivity contribution in [2.45, 2.75) is 43.5 Å². The normalized spacial score (nSPS) is 15.9. The third kappa shape index (κ3) is 3.55. The van der Waals surface area contributed by atoms with Gasteiger partial charge in [0, 0.05) is 23.6 Å². The van der Waals surface area contributed by atoms with Gasteiger partial charge in [-0.2, -0.15) is 0 Å². The summed E-state index contributed by atoms with van der Waals surface area (Å²) in [6, 6.07) is 8.01. The third-order valence-corrected chi connectivity index (χ3v) is 6.13. The molecule has 0 saturated heterocycles. The third-order valence-electron chi connectivity index (χ3n) is 3.84. The number of sulfone groups is 1. The maximum Gasteiger partial charge on any atom is 0.178 e. The van der Waals surface area contributed by atoms with Crippen molar-refractivity contribution in [2.24, 2.45) is 0 Å². The lowest BCUT2D eigenvalue weighted by Gasteiger charge is -2.39. The molecule has 1 aliphatic carbocycles. The highest BCUT2D eigenvalue weighted by atomic mass is 79.9. The maximum atomic E-state index is 12.0. The second kappa shape index (κ2) is 6.94. The summed E-state index contributed by atoms with van der Waals surface area (Å²) >= 11 is 3.50. The van der Waals surface area contributed by atoms with Crippen LogP contribution in [0.15, 0.2) is 29.2 Å². The molecular formula is C15H22BrNO2S. The molecule has 20 heavy (non-hydrogen) atoms. The van der Waals surface area contributed by atoms with Gasteiger partial charge in [0.2, 0.25) is 0 Å². The van der Waals surface area contributed by atoms with Gasteiger partial charge in [0.15, 0.2) is 9.84 Å². The van der Waals surface area contributed by atoms with Crippen LogP contribution in [0.5, 0.6) is 0 Å². The largest absolute Gasteiger partial charge is 0.368 e. The monoisotopic (exact) mass is 359 g/mol. The van der Waals surface area contributed by atoms with Crippen molar-refractivity contribution in [3.63, 3.8) is 0 Å². The van der Waals surface area contributed by atoms with E-state index in [4.69, 9.17) is 0 Å². The number of nitrogens with zero attached hydrogens (tertiary/aromatic N) is 1. The molecule has 0 amide bonds. The molecule has 0 atom stereocenters. The van der Waals surface area contributed by atoms with E-state index in [1.165, 1.54) is 19.3 Å². The van der Waals surface area contributed by atoms with Gasteiger partial charge < -0.3 is 4.90 Å². The lowest BCUT2D eigenvalue weighted by atomic mass is 9.91. The Balaban J connectivity index is 2.17. The Morgan fingerprint density at radius 3 is 2.35 bits per heavy atom. The van der Waals surface area contributed by atoms with Crippen LogP contribution in [0.25, 0.3) is 0 Å². The Labute approximate surface area is 130 Å². The minimum atomic E-state index is -3.10. The summed E-state index contributed by atoms with van der Waals surface area (Å²) in [5.41, 5.74) is 1.13. The minimum Gasteiger partial charge on any atom is -0.368 e. The molecule has 0 aliphatic heterocycles. The minimum absolute atomic E-state index is 0.222. The molecule has 0 radical (unpaired) electrons. The average molecular weight is 360 g/mol. The molecule has 1 aromatic rings. The number of hydrogen-bond donors (Lipinski definition) is 0. The fraction of sp³-hybridized carbons (Fsp3) is 0.600. The van der Waals surface area contributed by atoms with E-state index in [1.54, 1.807) is 12.1 Å². The lowest BCUT2D eigenvalue weighted by Crippen LogP contribution is -2.41. The molecule has 0 bridgehead atoms. The molecule has 0 aromatic heterocycles. The smallest absolute Gasteiger partial charge is 0.178 e.